The third kappa shape index (κ3) is 3.85. The van der Waals surface area contributed by atoms with Gasteiger partial charge in [-0.2, -0.15) is 0 Å². The lowest BCUT2D eigenvalue weighted by molar-refractivity contribution is 0.0718. The summed E-state index contributed by atoms with van der Waals surface area (Å²) in [5.74, 6) is -0.163. The molecule has 0 atom stereocenters. The van der Waals surface area contributed by atoms with Gasteiger partial charge in [-0.15, -0.1) is 0 Å². The fourth-order valence-electron chi connectivity index (χ4n) is 3.15. The first-order valence-electron chi connectivity index (χ1n) is 8.77. The van der Waals surface area contributed by atoms with Crippen LogP contribution in [-0.4, -0.2) is 52.4 Å². The molecule has 2 aromatic rings. The van der Waals surface area contributed by atoms with Crippen molar-refractivity contribution in [2.45, 2.75) is 13.3 Å². The van der Waals surface area contributed by atoms with Gasteiger partial charge < -0.3 is 14.4 Å². The van der Waals surface area contributed by atoms with Gasteiger partial charge in [0, 0.05) is 56.6 Å². The zero-order valence-corrected chi connectivity index (χ0v) is 15.1. The van der Waals surface area contributed by atoms with Crippen molar-refractivity contribution in [1.29, 1.82) is 0 Å². The summed E-state index contributed by atoms with van der Waals surface area (Å²) in [5, 5.41) is 0. The molecule has 1 saturated heterocycles. The Morgan fingerprint density at radius 3 is 2.08 bits per heavy atom. The molecule has 3 rings (SSSR count). The third-order valence-corrected chi connectivity index (χ3v) is 4.69. The molecule has 6 heteroatoms. The fourth-order valence-corrected chi connectivity index (χ4v) is 3.15. The highest BCUT2D eigenvalue weighted by Crippen LogP contribution is 2.12. The number of amides is 2. The van der Waals surface area contributed by atoms with Crippen LogP contribution in [0.25, 0.3) is 0 Å². The summed E-state index contributed by atoms with van der Waals surface area (Å²) >= 11 is 0. The first kappa shape index (κ1) is 17.9. The highest BCUT2D eigenvalue weighted by molar-refractivity contribution is 5.95. The predicted molar refractivity (Wildman–Crippen MR) is 99.3 cm³/mol. The predicted octanol–water partition coefficient (Wildman–Crippen LogP) is 1.68. The molecule has 136 valence electrons. The Bertz CT molecular complexity index is 888. The summed E-state index contributed by atoms with van der Waals surface area (Å²) in [4.78, 5) is 40.7. The van der Waals surface area contributed by atoms with E-state index in [2.05, 4.69) is 0 Å². The Balaban J connectivity index is 1.69. The molecule has 0 spiro atoms. The summed E-state index contributed by atoms with van der Waals surface area (Å²) in [6, 6.07) is 10.6. The number of carbonyl (C=O) groups excluding carboxylic acids is 2. The molecule has 6 nitrogen and oxygen atoms in total. The zero-order valence-electron chi connectivity index (χ0n) is 15.1. The molecule has 0 saturated carbocycles. The number of carbonyl (C=O) groups is 2. The van der Waals surface area contributed by atoms with Gasteiger partial charge >= 0.3 is 0 Å². The second-order valence-corrected chi connectivity index (χ2v) is 6.67. The lowest BCUT2D eigenvalue weighted by atomic mass is 10.1. The van der Waals surface area contributed by atoms with Crippen LogP contribution in [0.3, 0.4) is 0 Å². The van der Waals surface area contributed by atoms with Crippen LogP contribution in [0, 0.1) is 6.92 Å². The van der Waals surface area contributed by atoms with Gasteiger partial charge in [-0.1, -0.05) is 17.7 Å². The second-order valence-electron chi connectivity index (χ2n) is 6.67. The van der Waals surface area contributed by atoms with Gasteiger partial charge in [0.15, 0.2) is 0 Å². The van der Waals surface area contributed by atoms with Crippen molar-refractivity contribution in [3.63, 3.8) is 0 Å². The van der Waals surface area contributed by atoms with Gasteiger partial charge in [0.2, 0.25) is 0 Å². The van der Waals surface area contributed by atoms with E-state index in [4.69, 9.17) is 0 Å². The lowest BCUT2D eigenvalue weighted by Crippen LogP contribution is -2.37. The molecule has 0 unspecified atom stereocenters. The average molecular weight is 353 g/mol. The van der Waals surface area contributed by atoms with Crippen LogP contribution >= 0.6 is 0 Å². The summed E-state index contributed by atoms with van der Waals surface area (Å²) in [5.41, 5.74) is 1.91. The van der Waals surface area contributed by atoms with Crippen molar-refractivity contribution in [1.82, 2.24) is 14.4 Å². The van der Waals surface area contributed by atoms with Crippen LogP contribution in [0.1, 0.15) is 32.7 Å². The molecule has 1 aliphatic heterocycles. The largest absolute Gasteiger partial charge is 0.337 e. The van der Waals surface area contributed by atoms with E-state index in [-0.39, 0.29) is 17.4 Å². The second kappa shape index (κ2) is 7.56. The SMILES string of the molecule is Cc1cccc(C(=O)N2CCCN(C(=O)c3ccn(C)c(=O)c3)CC2)c1. The fraction of sp³-hybridized carbons (Fsp3) is 0.350. The van der Waals surface area contributed by atoms with E-state index >= 15 is 0 Å². The monoisotopic (exact) mass is 353 g/mol. The minimum absolute atomic E-state index is 0.00317. The molecular formula is C20H23N3O3. The summed E-state index contributed by atoms with van der Waals surface area (Å²) in [6.07, 6.45) is 2.31. The molecule has 0 N–H and O–H groups in total. The van der Waals surface area contributed by atoms with Crippen LogP contribution in [0.4, 0.5) is 0 Å². The summed E-state index contributed by atoms with van der Waals surface area (Å²) in [6.45, 7) is 4.11. The topological polar surface area (TPSA) is 62.6 Å². The molecule has 1 aliphatic rings. The van der Waals surface area contributed by atoms with Crippen molar-refractivity contribution < 1.29 is 9.59 Å². The molecule has 0 radical (unpaired) electrons. The number of aryl methyl sites for hydroxylation is 2. The van der Waals surface area contributed by atoms with Gasteiger partial charge in [0.05, 0.1) is 0 Å². The average Bonchev–Trinajstić information content (AvgIpc) is 2.89. The quantitative estimate of drug-likeness (QED) is 0.825. The Kier molecular flexibility index (Phi) is 5.21. The summed E-state index contributed by atoms with van der Waals surface area (Å²) < 4.78 is 1.43. The maximum Gasteiger partial charge on any atom is 0.254 e. The van der Waals surface area contributed by atoms with E-state index in [1.54, 1.807) is 29.1 Å². The molecule has 1 aromatic heterocycles. The van der Waals surface area contributed by atoms with E-state index < -0.39 is 0 Å². The molecule has 2 amide bonds. The lowest BCUT2D eigenvalue weighted by Gasteiger charge is -2.22. The van der Waals surface area contributed by atoms with E-state index in [9.17, 15) is 14.4 Å². The number of benzene rings is 1. The molecule has 1 fully saturated rings. The summed E-state index contributed by atoms with van der Waals surface area (Å²) in [7, 11) is 1.65. The van der Waals surface area contributed by atoms with Gasteiger partial charge in [-0.25, -0.2) is 0 Å². The number of rotatable bonds is 2. The maximum atomic E-state index is 12.7. The zero-order chi connectivity index (χ0) is 18.7. The normalized spacial score (nSPS) is 14.8. The Morgan fingerprint density at radius 1 is 0.885 bits per heavy atom. The van der Waals surface area contributed by atoms with Crippen LogP contribution in [0.5, 0.6) is 0 Å². The number of hydrogen-bond donors (Lipinski definition) is 0. The number of hydrogen-bond acceptors (Lipinski definition) is 3. The van der Waals surface area contributed by atoms with E-state index in [0.717, 1.165) is 5.56 Å². The molecular weight excluding hydrogens is 330 g/mol. The Morgan fingerprint density at radius 2 is 1.50 bits per heavy atom. The number of nitrogens with zero attached hydrogens (tertiary/aromatic N) is 3. The molecule has 1 aromatic carbocycles. The van der Waals surface area contributed by atoms with Crippen molar-refractivity contribution in [3.8, 4) is 0 Å². The van der Waals surface area contributed by atoms with E-state index in [0.29, 0.717) is 43.7 Å². The van der Waals surface area contributed by atoms with Crippen molar-refractivity contribution in [2.24, 2.45) is 7.05 Å². The molecule has 26 heavy (non-hydrogen) atoms. The number of aromatic nitrogens is 1. The number of pyridine rings is 1. The Hall–Kier alpha value is -2.89. The minimum atomic E-state index is -0.207. The van der Waals surface area contributed by atoms with E-state index in [1.807, 2.05) is 31.2 Å². The molecule has 0 aliphatic carbocycles. The third-order valence-electron chi connectivity index (χ3n) is 4.69. The highest BCUT2D eigenvalue weighted by atomic mass is 16.2. The van der Waals surface area contributed by atoms with Crippen molar-refractivity contribution in [3.05, 3.63) is 69.6 Å². The van der Waals surface area contributed by atoms with Crippen LogP contribution < -0.4 is 5.56 Å². The smallest absolute Gasteiger partial charge is 0.254 e. The molecule has 0 bridgehead atoms. The molecule has 2 heterocycles. The Labute approximate surface area is 152 Å². The van der Waals surface area contributed by atoms with Gasteiger partial charge in [0.1, 0.15) is 0 Å². The first-order valence-corrected chi connectivity index (χ1v) is 8.77. The highest BCUT2D eigenvalue weighted by Gasteiger charge is 2.23. The van der Waals surface area contributed by atoms with Crippen LogP contribution in [-0.2, 0) is 7.05 Å². The van der Waals surface area contributed by atoms with Crippen LogP contribution in [0.2, 0.25) is 0 Å². The van der Waals surface area contributed by atoms with Crippen LogP contribution in [0.15, 0.2) is 47.4 Å². The maximum absolute atomic E-state index is 12.7. The minimum Gasteiger partial charge on any atom is -0.337 e. The van der Waals surface area contributed by atoms with Gasteiger partial charge in [-0.05, 0) is 31.5 Å². The van der Waals surface area contributed by atoms with Crippen molar-refractivity contribution >= 4 is 11.8 Å². The standard InChI is InChI=1S/C20H23N3O3/c1-15-5-3-6-16(13-15)19(25)22-8-4-9-23(12-11-22)20(26)17-7-10-21(2)18(24)14-17/h3,5-7,10,13-14H,4,8-9,11-12H2,1-2H3. The van der Waals surface area contributed by atoms with E-state index in [1.165, 1.54) is 10.6 Å². The van der Waals surface area contributed by atoms with Gasteiger partial charge in [0.25, 0.3) is 17.4 Å². The van der Waals surface area contributed by atoms with Gasteiger partial charge in [-0.3, -0.25) is 14.4 Å². The first-order chi connectivity index (χ1) is 12.5. The van der Waals surface area contributed by atoms with Crippen molar-refractivity contribution in [2.75, 3.05) is 26.2 Å².